The van der Waals surface area contributed by atoms with E-state index in [0.29, 0.717) is 63.4 Å². The third-order valence-electron chi connectivity index (χ3n) is 14.5. The van der Waals surface area contributed by atoms with Gasteiger partial charge in [0.1, 0.15) is 30.1 Å². The van der Waals surface area contributed by atoms with Gasteiger partial charge in [-0.3, -0.25) is 19.2 Å². The van der Waals surface area contributed by atoms with Crippen molar-refractivity contribution in [1.29, 1.82) is 0 Å². The number of carbonyl (C=O) groups is 5. The fourth-order valence-electron chi connectivity index (χ4n) is 10.1. The Labute approximate surface area is 387 Å². The number of Topliss-reactive ketones (excluding diaryl/α,β-unsaturated/α-hetero) is 3. The van der Waals surface area contributed by atoms with Crippen molar-refractivity contribution in [2.24, 2.45) is 35.5 Å². The van der Waals surface area contributed by atoms with Crippen LogP contribution in [0.3, 0.4) is 0 Å². The number of fused-ring (bicyclic) bond motifs is 3. The highest BCUT2D eigenvalue weighted by Gasteiger charge is 2.53. The zero-order valence-corrected chi connectivity index (χ0v) is 40.6. The number of methoxy groups -OCH3 is 3. The number of rotatable bonds is 6. The molecular formula is C51H79NO13. The van der Waals surface area contributed by atoms with Crippen molar-refractivity contribution < 1.29 is 63.0 Å². The first-order chi connectivity index (χ1) is 30.7. The normalized spacial score (nSPS) is 40.4. The number of ether oxygens (including phenoxy) is 5. The number of piperidine rings is 1. The maximum Gasteiger partial charge on any atom is 0.329 e. The molecule has 1 saturated carbocycles. The summed E-state index contributed by atoms with van der Waals surface area (Å²) in [6.07, 6.45) is 11.2. The summed E-state index contributed by atoms with van der Waals surface area (Å²) in [7, 11) is 4.52. The fraction of sp³-hybridized carbons (Fsp3) is 0.745. The van der Waals surface area contributed by atoms with E-state index in [1.165, 1.54) is 12.0 Å². The molecule has 366 valence electrons. The van der Waals surface area contributed by atoms with Gasteiger partial charge < -0.3 is 43.9 Å². The van der Waals surface area contributed by atoms with Crippen LogP contribution in [0.25, 0.3) is 0 Å². The number of carbonyl (C=O) groups excluding carboxylic acids is 5. The molecule has 3 heterocycles. The van der Waals surface area contributed by atoms with Crippen molar-refractivity contribution >= 4 is 29.2 Å². The average Bonchev–Trinajstić information content (AvgIpc) is 3.28. The Morgan fingerprint density at radius 2 is 1.57 bits per heavy atom. The van der Waals surface area contributed by atoms with Crippen LogP contribution in [-0.4, -0.2) is 132 Å². The molecule has 0 radical (unpaired) electrons. The minimum Gasteiger partial charge on any atom is -0.460 e. The van der Waals surface area contributed by atoms with Crippen molar-refractivity contribution in [1.82, 2.24) is 4.90 Å². The second-order valence-electron chi connectivity index (χ2n) is 19.6. The van der Waals surface area contributed by atoms with Gasteiger partial charge in [-0.25, -0.2) is 4.79 Å². The Kier molecular flexibility index (Phi) is 21.0. The summed E-state index contributed by atoms with van der Waals surface area (Å²) in [6, 6.07) is -1.14. The first-order valence-corrected chi connectivity index (χ1v) is 23.9. The van der Waals surface area contributed by atoms with Crippen molar-refractivity contribution in [2.45, 2.75) is 180 Å². The molecule has 2 saturated heterocycles. The molecule has 4 rings (SSSR count). The number of aliphatic hydroxyl groups is 3. The zero-order chi connectivity index (χ0) is 48.2. The number of amides is 1. The highest BCUT2D eigenvalue weighted by Crippen LogP contribution is 2.38. The Bertz CT molecular complexity index is 1760. The van der Waals surface area contributed by atoms with Crippen LogP contribution in [-0.2, 0) is 47.7 Å². The molecule has 0 unspecified atom stereocenters. The predicted molar refractivity (Wildman–Crippen MR) is 245 cm³/mol. The second-order valence-corrected chi connectivity index (χ2v) is 19.6. The minimum atomic E-state index is -2.43. The lowest BCUT2D eigenvalue weighted by Gasteiger charge is -2.42. The van der Waals surface area contributed by atoms with Crippen molar-refractivity contribution in [3.8, 4) is 0 Å². The van der Waals surface area contributed by atoms with Crippen molar-refractivity contribution in [3.63, 3.8) is 0 Å². The highest BCUT2D eigenvalue weighted by molar-refractivity contribution is 6.39. The van der Waals surface area contributed by atoms with Gasteiger partial charge in [-0.2, -0.15) is 0 Å². The molecule has 1 amide bonds. The molecule has 2 bridgehead atoms. The van der Waals surface area contributed by atoms with Crippen molar-refractivity contribution in [2.75, 3.05) is 27.9 Å². The Morgan fingerprint density at radius 1 is 0.846 bits per heavy atom. The Morgan fingerprint density at radius 3 is 2.25 bits per heavy atom. The van der Waals surface area contributed by atoms with Crippen LogP contribution in [0.2, 0.25) is 0 Å². The quantitative estimate of drug-likeness (QED) is 0.156. The second kappa shape index (κ2) is 25.1. The van der Waals surface area contributed by atoms with Crippen LogP contribution >= 0.6 is 0 Å². The number of nitrogens with zero attached hydrogens (tertiary/aromatic N) is 1. The third kappa shape index (κ3) is 14.3. The lowest BCUT2D eigenvalue weighted by atomic mass is 9.78. The van der Waals surface area contributed by atoms with Crippen molar-refractivity contribution in [3.05, 3.63) is 47.6 Å². The van der Waals surface area contributed by atoms with Gasteiger partial charge >= 0.3 is 5.97 Å². The maximum absolute atomic E-state index is 14.4. The summed E-state index contributed by atoms with van der Waals surface area (Å²) in [5.41, 5.74) is 1.27. The number of esters is 1. The number of hydrogen-bond donors (Lipinski definition) is 3. The van der Waals surface area contributed by atoms with E-state index in [4.69, 9.17) is 23.7 Å². The van der Waals surface area contributed by atoms with E-state index in [1.807, 2.05) is 58.1 Å². The lowest BCUT2D eigenvalue weighted by molar-refractivity contribution is -0.265. The highest BCUT2D eigenvalue weighted by atomic mass is 16.6. The average molecular weight is 914 g/mol. The fourth-order valence-corrected chi connectivity index (χ4v) is 10.1. The molecule has 3 N–H and O–H groups in total. The van der Waals surface area contributed by atoms with Crippen LogP contribution in [0.4, 0.5) is 0 Å². The van der Waals surface area contributed by atoms with Crippen LogP contribution < -0.4 is 0 Å². The first kappa shape index (κ1) is 54.2. The van der Waals surface area contributed by atoms with E-state index >= 15 is 0 Å². The van der Waals surface area contributed by atoms with E-state index in [1.54, 1.807) is 41.1 Å². The lowest BCUT2D eigenvalue weighted by Crippen LogP contribution is -2.61. The number of hydrogen-bond acceptors (Lipinski definition) is 13. The smallest absolute Gasteiger partial charge is 0.329 e. The molecule has 0 aromatic heterocycles. The van der Waals surface area contributed by atoms with Gasteiger partial charge in [0.05, 0.1) is 24.4 Å². The van der Waals surface area contributed by atoms with E-state index in [-0.39, 0.29) is 54.8 Å². The summed E-state index contributed by atoms with van der Waals surface area (Å²) in [5, 5.41) is 33.8. The molecule has 3 fully saturated rings. The van der Waals surface area contributed by atoms with Gasteiger partial charge in [-0.05, 0) is 107 Å². The first-order valence-electron chi connectivity index (χ1n) is 23.9. The van der Waals surface area contributed by atoms with E-state index in [9.17, 15) is 39.3 Å². The summed E-state index contributed by atoms with van der Waals surface area (Å²) < 4.78 is 29.4. The van der Waals surface area contributed by atoms with Gasteiger partial charge in [0, 0.05) is 58.5 Å². The van der Waals surface area contributed by atoms with Gasteiger partial charge in [-0.1, -0.05) is 71.1 Å². The number of cyclic esters (lactones) is 1. The van der Waals surface area contributed by atoms with Gasteiger partial charge in [0.25, 0.3) is 11.7 Å². The molecule has 3 aliphatic heterocycles. The maximum atomic E-state index is 14.4. The summed E-state index contributed by atoms with van der Waals surface area (Å²) in [6.45, 7) is 12.7. The van der Waals surface area contributed by atoms with Crippen LogP contribution in [0.5, 0.6) is 0 Å². The van der Waals surface area contributed by atoms with Gasteiger partial charge in [0.15, 0.2) is 5.78 Å². The standard InChI is InChI=1S/C51H79NO13/c1-30-16-12-11-13-17-31(2)42(61-8)28-38-21-19-36(7)51(60,65-38)48(57)49(58)52-23-15-14-18-39(52)50(59)64-43(33(4)26-37-20-22-40(53)44(27-37)62-9)29-41(54)32(3)25-35(6)46(56)47(63-10)45(55)34(5)24-30/h11-13,16-17,25,30,32-34,36-40,42-44,46-47,53,56,60H,14-15,18-24,26-29H2,1-10H3/b13-11+,16-12+,31-17-,35-25+/t30-,32+,33+,34-,36-,37-,38+,39+,40-,42+,43-,44+,46-,47+,51+/m0/s1. The number of allylic oxidation sites excluding steroid dienone is 6. The zero-order valence-electron chi connectivity index (χ0n) is 40.6. The molecular weight excluding hydrogens is 835 g/mol. The van der Waals surface area contributed by atoms with Crippen LogP contribution in [0.15, 0.2) is 47.6 Å². The summed E-state index contributed by atoms with van der Waals surface area (Å²) >= 11 is 0. The molecule has 1 aliphatic carbocycles. The van der Waals surface area contributed by atoms with E-state index in [0.717, 1.165) is 12.0 Å². The Hall–Kier alpha value is -3.37. The van der Waals surface area contributed by atoms with Crippen LogP contribution in [0, 0.1) is 35.5 Å². The monoisotopic (exact) mass is 914 g/mol. The van der Waals surface area contributed by atoms with Crippen LogP contribution in [0.1, 0.15) is 126 Å². The number of ketones is 3. The molecule has 14 heteroatoms. The third-order valence-corrected chi connectivity index (χ3v) is 14.5. The molecule has 0 spiro atoms. The SMILES string of the molecule is CO[C@@H]1C(=O)[C@@H](C)C[C@@H](C)/C=C/C=C/C=C(/C)[C@H](OC)C[C@H]2CC[C@H](C)[C@@](O)(O2)C(=O)C(=O)N2CCCC[C@@H]2C(=O)O[C@H]([C@H](C)C[C@@H]2CC[C@H](O)[C@H](OC)C2)CC(=O)[C@H](C)/C=C(\C)[C@@H]1O. The molecule has 15 atom stereocenters. The topological polar surface area (TPSA) is 195 Å². The van der Waals surface area contributed by atoms with Gasteiger partial charge in [0.2, 0.25) is 5.79 Å². The molecule has 4 aliphatic rings. The predicted octanol–water partition coefficient (Wildman–Crippen LogP) is 6.18. The van der Waals surface area contributed by atoms with Gasteiger partial charge in [-0.15, -0.1) is 0 Å². The molecule has 14 nitrogen and oxygen atoms in total. The molecule has 0 aromatic carbocycles. The van der Waals surface area contributed by atoms with E-state index in [2.05, 4.69) is 0 Å². The Balaban J connectivity index is 1.70. The molecule has 65 heavy (non-hydrogen) atoms. The molecule has 0 aromatic rings. The summed E-state index contributed by atoms with van der Waals surface area (Å²) in [5.74, 6) is -7.96. The minimum absolute atomic E-state index is 0.0193. The summed E-state index contributed by atoms with van der Waals surface area (Å²) in [4.78, 5) is 71.8. The largest absolute Gasteiger partial charge is 0.460 e. The number of aliphatic hydroxyl groups excluding tert-OH is 2. The van der Waals surface area contributed by atoms with E-state index < -0.39 is 83.9 Å².